The highest BCUT2D eigenvalue weighted by molar-refractivity contribution is 7.86. The van der Waals surface area contributed by atoms with Gasteiger partial charge < -0.3 is 15.2 Å². The third kappa shape index (κ3) is 6.84. The van der Waals surface area contributed by atoms with Gasteiger partial charge in [-0.15, -0.1) is 0 Å². The molecule has 0 radical (unpaired) electrons. The lowest BCUT2D eigenvalue weighted by molar-refractivity contribution is -0.233. The van der Waals surface area contributed by atoms with Crippen molar-refractivity contribution >= 4 is 39.4 Å². The van der Waals surface area contributed by atoms with Gasteiger partial charge in [0.15, 0.2) is 5.78 Å². The summed E-state index contributed by atoms with van der Waals surface area (Å²) in [6.07, 6.45) is 6.24. The molecule has 4 saturated carbocycles. The lowest BCUT2D eigenvalue weighted by atomic mass is 9.33. The molecule has 1 aromatic carbocycles. The summed E-state index contributed by atoms with van der Waals surface area (Å²) in [6, 6.07) is 7.37. The average Bonchev–Trinajstić information content (AvgIpc) is 3.37. The molecular formula is C44H64ClNO8S. The van der Waals surface area contributed by atoms with Crippen molar-refractivity contribution in [2.45, 2.75) is 144 Å². The second-order valence-corrected chi connectivity index (χ2v) is 22.4. The number of carbonyl (C=O) groups excluding carboxylic acids is 2. The highest BCUT2D eigenvalue weighted by atomic mass is 35.5. The van der Waals surface area contributed by atoms with E-state index in [1.54, 1.807) is 26.0 Å². The Bertz CT molecular complexity index is 1850. The van der Waals surface area contributed by atoms with Crippen LogP contribution in [0.4, 0.5) is 0 Å². The predicted molar refractivity (Wildman–Crippen MR) is 214 cm³/mol. The SMILES string of the molecule is CC(C)C1=C2[C@H]3CC[C@@H]4[C@@]5(C)CC[C@H](OC(=O)CC(C)(C)C(=O)O)C(C)(C)[C@H]5CC[C@@]4(C)[C@]3(C)CCC2(C(CNCc2ccc(Cl)cc2)S(=O)(=O)O)CC1=O. The van der Waals surface area contributed by atoms with Crippen molar-refractivity contribution in [2.24, 2.45) is 56.2 Å². The van der Waals surface area contributed by atoms with E-state index in [1.807, 2.05) is 26.0 Å². The molecule has 55 heavy (non-hydrogen) atoms. The van der Waals surface area contributed by atoms with E-state index in [4.69, 9.17) is 16.3 Å². The molecule has 9 nitrogen and oxygen atoms in total. The fourth-order valence-electron chi connectivity index (χ4n) is 13.4. The number of Topliss-reactive ketones (excluding diaryl/α,β-unsaturated/α-hetero) is 1. The number of fused-ring (bicyclic) bond motifs is 7. The molecule has 9 atom stereocenters. The summed E-state index contributed by atoms with van der Waals surface area (Å²) in [5.41, 5.74) is -0.111. The van der Waals surface area contributed by atoms with Gasteiger partial charge in [-0.05, 0) is 128 Å². The highest BCUT2D eigenvalue weighted by Gasteiger charge is 2.71. The van der Waals surface area contributed by atoms with Gasteiger partial charge in [0.2, 0.25) is 0 Å². The zero-order valence-corrected chi connectivity index (χ0v) is 36.0. The molecule has 1 aromatic rings. The van der Waals surface area contributed by atoms with Crippen LogP contribution < -0.4 is 5.32 Å². The highest BCUT2D eigenvalue weighted by Crippen LogP contribution is 2.77. The Morgan fingerprint density at radius 3 is 2.20 bits per heavy atom. The number of hydrogen-bond donors (Lipinski definition) is 3. The number of aliphatic carboxylic acids is 1. The molecule has 0 spiro atoms. The van der Waals surface area contributed by atoms with Gasteiger partial charge in [-0.3, -0.25) is 18.9 Å². The summed E-state index contributed by atoms with van der Waals surface area (Å²) >= 11 is 6.09. The predicted octanol–water partition coefficient (Wildman–Crippen LogP) is 9.08. The number of rotatable bonds is 11. The zero-order valence-electron chi connectivity index (χ0n) is 34.4. The number of benzene rings is 1. The number of ether oxygens (including phenoxy) is 1. The number of ketones is 1. The van der Waals surface area contributed by atoms with E-state index >= 15 is 0 Å². The number of hydrogen-bond acceptors (Lipinski definition) is 7. The molecule has 0 heterocycles. The van der Waals surface area contributed by atoms with E-state index in [0.717, 1.165) is 55.2 Å². The van der Waals surface area contributed by atoms with Crippen LogP contribution in [0.5, 0.6) is 0 Å². The van der Waals surface area contributed by atoms with E-state index in [9.17, 15) is 32.5 Å². The van der Waals surface area contributed by atoms with Crippen LogP contribution in [0.2, 0.25) is 5.02 Å². The van der Waals surface area contributed by atoms with Crippen molar-refractivity contribution in [1.82, 2.24) is 5.32 Å². The minimum absolute atomic E-state index is 0.00917. The summed E-state index contributed by atoms with van der Waals surface area (Å²) in [6.45, 7) is 19.4. The largest absolute Gasteiger partial charge is 0.481 e. The molecule has 0 bridgehead atoms. The first kappa shape index (κ1) is 42.3. The normalized spacial score (nSPS) is 36.4. The van der Waals surface area contributed by atoms with Crippen LogP contribution in [0.15, 0.2) is 35.4 Å². The second-order valence-electron chi connectivity index (χ2n) is 20.3. The van der Waals surface area contributed by atoms with Crippen molar-refractivity contribution in [3.05, 3.63) is 46.0 Å². The van der Waals surface area contributed by atoms with Crippen molar-refractivity contribution in [2.75, 3.05) is 6.54 Å². The quantitative estimate of drug-likeness (QED) is 0.147. The van der Waals surface area contributed by atoms with Crippen LogP contribution in [0, 0.1) is 56.2 Å². The molecule has 3 N–H and O–H groups in total. The standard InChI is InChI=1S/C44H64ClNO8S/c1-26(2)36-30(47)22-44(34(55(51,52)53)25-46-24-27-10-12-28(45)13-11-27)21-20-42(8)29(37(36)44)14-15-32-41(7)18-17-33(54-35(48)23-39(3,4)38(49)50)40(5,6)31(41)16-19-43(32,42)9/h10-13,26,29,31-34,46H,14-25H2,1-9H3,(H,49,50)(H,51,52,53)/t29-,31-,32-,33+,34?,41+,42-,43-,44?/m1/s1. The smallest absolute Gasteiger partial charge is 0.309 e. The van der Waals surface area contributed by atoms with E-state index in [0.29, 0.717) is 30.3 Å². The Labute approximate surface area is 333 Å². The maximum absolute atomic E-state index is 14.2. The molecule has 5 aliphatic carbocycles. The van der Waals surface area contributed by atoms with Gasteiger partial charge >= 0.3 is 11.9 Å². The van der Waals surface area contributed by atoms with Crippen LogP contribution in [0.25, 0.3) is 0 Å². The summed E-state index contributed by atoms with van der Waals surface area (Å²) in [7, 11) is -4.56. The number of esters is 1. The van der Waals surface area contributed by atoms with Gasteiger partial charge in [0.25, 0.3) is 10.1 Å². The Morgan fingerprint density at radius 2 is 1.60 bits per heavy atom. The molecule has 0 saturated heterocycles. The van der Waals surface area contributed by atoms with Gasteiger partial charge in [0.1, 0.15) is 11.4 Å². The molecular weight excluding hydrogens is 738 g/mol. The van der Waals surface area contributed by atoms with E-state index in [1.165, 1.54) is 0 Å². The van der Waals surface area contributed by atoms with Crippen LogP contribution >= 0.6 is 11.6 Å². The summed E-state index contributed by atoms with van der Waals surface area (Å²) in [5.74, 6) is -0.874. The second kappa shape index (κ2) is 14.2. The first-order chi connectivity index (χ1) is 25.3. The molecule has 5 aliphatic rings. The number of carbonyl (C=O) groups is 3. The zero-order chi connectivity index (χ0) is 40.7. The fourth-order valence-corrected chi connectivity index (χ4v) is 14.8. The minimum Gasteiger partial charge on any atom is -0.481 e. The number of halogens is 1. The van der Waals surface area contributed by atoms with Crippen LogP contribution in [0.3, 0.4) is 0 Å². The van der Waals surface area contributed by atoms with Gasteiger partial charge in [-0.2, -0.15) is 8.42 Å². The van der Waals surface area contributed by atoms with E-state index < -0.39 is 38.1 Å². The molecule has 4 fully saturated rings. The molecule has 0 aromatic heterocycles. The molecule has 6 rings (SSSR count). The topological polar surface area (TPSA) is 147 Å². The van der Waals surface area contributed by atoms with E-state index in [2.05, 4.69) is 39.9 Å². The summed E-state index contributed by atoms with van der Waals surface area (Å²) in [4.78, 5) is 39.1. The Morgan fingerprint density at radius 1 is 0.945 bits per heavy atom. The fraction of sp³-hybridized carbons (Fsp3) is 0.750. The molecule has 306 valence electrons. The number of allylic oxidation sites excluding steroid dienone is 2. The van der Waals surface area contributed by atoms with Crippen molar-refractivity contribution in [3.63, 3.8) is 0 Å². The first-order valence-electron chi connectivity index (χ1n) is 20.5. The first-order valence-corrected chi connectivity index (χ1v) is 22.4. The number of nitrogens with one attached hydrogen (secondary N) is 1. The summed E-state index contributed by atoms with van der Waals surface area (Å²) in [5, 5.41) is 12.4. The molecule has 0 amide bonds. The molecule has 2 unspecified atom stereocenters. The Kier molecular flexibility index (Phi) is 11.0. The van der Waals surface area contributed by atoms with Crippen LogP contribution in [-0.2, 0) is 35.8 Å². The lowest BCUT2D eigenvalue weighted by Gasteiger charge is -2.72. The molecule has 11 heteroatoms. The molecule has 0 aliphatic heterocycles. The third-order valence-corrected chi connectivity index (χ3v) is 18.0. The Balaban J connectivity index is 1.31. The van der Waals surface area contributed by atoms with Gasteiger partial charge in [0, 0.05) is 35.4 Å². The average molecular weight is 803 g/mol. The van der Waals surface area contributed by atoms with Gasteiger partial charge in [-0.25, -0.2) is 0 Å². The monoisotopic (exact) mass is 801 g/mol. The van der Waals surface area contributed by atoms with Crippen molar-refractivity contribution in [1.29, 1.82) is 0 Å². The van der Waals surface area contributed by atoms with Gasteiger partial charge in [-0.1, -0.05) is 77.8 Å². The maximum Gasteiger partial charge on any atom is 0.309 e. The Hall–Kier alpha value is -2.27. The number of carboxylic acids is 1. The minimum atomic E-state index is -4.56. The van der Waals surface area contributed by atoms with E-state index in [-0.39, 0.29) is 70.7 Å². The lowest BCUT2D eigenvalue weighted by Crippen LogP contribution is -2.66. The third-order valence-electron chi connectivity index (χ3n) is 16.4. The maximum atomic E-state index is 14.2. The van der Waals surface area contributed by atoms with Crippen molar-refractivity contribution < 1.29 is 37.2 Å². The van der Waals surface area contributed by atoms with Gasteiger partial charge in [0.05, 0.1) is 11.8 Å². The number of carboxylic acid groups (broad SMARTS) is 1. The van der Waals surface area contributed by atoms with Crippen LogP contribution in [0.1, 0.15) is 132 Å². The summed E-state index contributed by atoms with van der Waals surface area (Å²) < 4.78 is 44.2. The van der Waals surface area contributed by atoms with Crippen LogP contribution in [-0.4, -0.2) is 53.7 Å². The van der Waals surface area contributed by atoms with Crippen molar-refractivity contribution in [3.8, 4) is 0 Å².